The van der Waals surface area contributed by atoms with Gasteiger partial charge in [-0.1, -0.05) is 6.92 Å². The molecule has 0 radical (unpaired) electrons. The first kappa shape index (κ1) is 14.1. The van der Waals surface area contributed by atoms with Crippen LogP contribution in [0, 0.1) is 5.92 Å². The maximum Gasteiger partial charge on any atom is 0.256 e. The molecule has 98 valence electrons. The van der Waals surface area contributed by atoms with Gasteiger partial charge in [0, 0.05) is 20.6 Å². The van der Waals surface area contributed by atoms with Crippen molar-refractivity contribution in [2.75, 3.05) is 27.7 Å². The van der Waals surface area contributed by atoms with Crippen molar-refractivity contribution >= 4 is 12.2 Å². The Morgan fingerprint density at radius 2 is 2.12 bits per heavy atom. The third kappa shape index (κ3) is 3.02. The van der Waals surface area contributed by atoms with E-state index in [1.54, 1.807) is 4.90 Å². The highest BCUT2D eigenvalue weighted by Gasteiger charge is 2.50. The topological polar surface area (TPSA) is 65.1 Å². The summed E-state index contributed by atoms with van der Waals surface area (Å²) in [5, 5.41) is 0. The third-order valence-corrected chi connectivity index (χ3v) is 2.88. The van der Waals surface area contributed by atoms with Gasteiger partial charge in [-0.25, -0.2) is 0 Å². The fourth-order valence-electron chi connectivity index (χ4n) is 2.03. The molecular weight excluding hydrogens is 226 g/mol. The highest BCUT2D eigenvalue weighted by Crippen LogP contribution is 2.30. The average Bonchev–Trinajstić information content (AvgIpc) is 2.31. The number of nitrogens with zero attached hydrogens (tertiary/aromatic N) is 1. The molecule has 17 heavy (non-hydrogen) atoms. The molecule has 1 amide bonds. The van der Waals surface area contributed by atoms with Crippen LogP contribution >= 0.6 is 0 Å². The van der Waals surface area contributed by atoms with Crippen molar-refractivity contribution in [3.63, 3.8) is 0 Å². The molecule has 1 heterocycles. The Morgan fingerprint density at radius 1 is 1.41 bits per heavy atom. The summed E-state index contributed by atoms with van der Waals surface area (Å²) in [5.41, 5.74) is 0. The van der Waals surface area contributed by atoms with Crippen LogP contribution in [0.2, 0.25) is 0 Å². The smallest absolute Gasteiger partial charge is 0.256 e. The van der Waals surface area contributed by atoms with Crippen molar-refractivity contribution in [2.45, 2.75) is 25.5 Å². The van der Waals surface area contributed by atoms with Gasteiger partial charge in [-0.15, -0.1) is 0 Å². The van der Waals surface area contributed by atoms with E-state index in [0.717, 1.165) is 6.29 Å². The summed E-state index contributed by atoms with van der Waals surface area (Å²) in [6, 6.07) is -0.122. The van der Waals surface area contributed by atoms with Gasteiger partial charge in [0.25, 0.3) is 5.91 Å². The van der Waals surface area contributed by atoms with E-state index in [4.69, 9.17) is 14.2 Å². The second kappa shape index (κ2) is 6.68. The molecule has 0 N–H and O–H groups in total. The molecule has 1 saturated heterocycles. The van der Waals surface area contributed by atoms with Crippen molar-refractivity contribution in [2.24, 2.45) is 5.92 Å². The minimum Gasteiger partial charge on any atom is -0.364 e. The molecule has 6 nitrogen and oxygen atoms in total. The Bertz CT molecular complexity index is 271. The largest absolute Gasteiger partial charge is 0.364 e. The summed E-state index contributed by atoms with van der Waals surface area (Å²) in [5.74, 6) is -0.0751. The molecule has 1 aliphatic rings. The Hall–Kier alpha value is -0.980. The number of hydrogen-bond acceptors (Lipinski definition) is 5. The van der Waals surface area contributed by atoms with Gasteiger partial charge in [0.2, 0.25) is 0 Å². The summed E-state index contributed by atoms with van der Waals surface area (Å²) in [7, 11) is 3.03. The van der Waals surface area contributed by atoms with Crippen molar-refractivity contribution in [3.8, 4) is 0 Å². The number of carbonyl (C=O) groups is 2. The summed E-state index contributed by atoms with van der Waals surface area (Å²) in [6.45, 7) is 2.21. The van der Waals surface area contributed by atoms with Crippen molar-refractivity contribution in [3.05, 3.63) is 0 Å². The number of amides is 1. The van der Waals surface area contributed by atoms with E-state index in [1.807, 2.05) is 6.92 Å². The zero-order valence-corrected chi connectivity index (χ0v) is 10.4. The molecule has 0 aromatic carbocycles. The van der Waals surface area contributed by atoms with E-state index >= 15 is 0 Å². The van der Waals surface area contributed by atoms with Crippen LogP contribution in [0.1, 0.15) is 13.3 Å². The highest BCUT2D eigenvalue weighted by atomic mass is 16.7. The van der Waals surface area contributed by atoms with Crippen molar-refractivity contribution in [1.29, 1.82) is 0 Å². The first-order valence-corrected chi connectivity index (χ1v) is 5.51. The Kier molecular flexibility index (Phi) is 5.54. The molecule has 1 aliphatic heterocycles. The molecule has 1 fully saturated rings. The van der Waals surface area contributed by atoms with E-state index in [1.165, 1.54) is 14.2 Å². The van der Waals surface area contributed by atoms with Crippen LogP contribution in [0.5, 0.6) is 0 Å². The van der Waals surface area contributed by atoms with Crippen LogP contribution < -0.4 is 0 Å². The number of aldehydes is 1. The van der Waals surface area contributed by atoms with E-state index in [2.05, 4.69) is 0 Å². The van der Waals surface area contributed by atoms with Crippen LogP contribution in [0.4, 0.5) is 0 Å². The lowest BCUT2D eigenvalue weighted by molar-refractivity contribution is -0.202. The van der Waals surface area contributed by atoms with Crippen molar-refractivity contribution in [1.82, 2.24) is 4.90 Å². The van der Waals surface area contributed by atoms with Gasteiger partial charge in [0.05, 0.1) is 6.04 Å². The van der Waals surface area contributed by atoms with Crippen LogP contribution in [-0.4, -0.2) is 57.0 Å². The Morgan fingerprint density at radius 3 is 2.65 bits per heavy atom. The normalized spacial score (nSPS) is 25.6. The molecule has 1 rings (SSSR count). The number of methoxy groups -OCH3 is 2. The third-order valence-electron chi connectivity index (χ3n) is 2.88. The maximum absolute atomic E-state index is 11.8. The van der Waals surface area contributed by atoms with E-state index in [9.17, 15) is 9.59 Å². The number of carbonyl (C=O) groups excluding carboxylic acids is 2. The lowest BCUT2D eigenvalue weighted by atomic mass is 9.85. The SMILES string of the molecule is COCO[C@H]1C(=O)N(COC)C1C(C)CC=O. The van der Waals surface area contributed by atoms with Crippen LogP contribution in [0.15, 0.2) is 0 Å². The molecule has 2 unspecified atom stereocenters. The predicted octanol–water partition coefficient (Wildman–Crippen LogP) is 0.0153. The Balaban J connectivity index is 2.62. The summed E-state index contributed by atoms with van der Waals surface area (Å²) in [6.07, 6.45) is 0.719. The number of β-lactam (4-membered cyclic amide) rings is 1. The van der Waals surface area contributed by atoms with Gasteiger partial charge in [-0.05, 0) is 5.92 Å². The standard InChI is InChI=1S/C11H19NO5/c1-8(4-5-13)9-10(17-7-16-3)11(14)12(9)6-15-2/h5,8-10H,4,6-7H2,1-3H3/t8?,9?,10-/m1/s1. The molecule has 6 heteroatoms. The quantitative estimate of drug-likeness (QED) is 0.342. The van der Waals surface area contributed by atoms with Gasteiger partial charge in [0.15, 0.2) is 6.10 Å². The van der Waals surface area contributed by atoms with Gasteiger partial charge < -0.3 is 23.9 Å². The molecular formula is C11H19NO5. The van der Waals surface area contributed by atoms with Gasteiger partial charge in [0.1, 0.15) is 19.8 Å². The molecule has 0 spiro atoms. The second-order valence-electron chi connectivity index (χ2n) is 4.09. The van der Waals surface area contributed by atoms with Gasteiger partial charge in [-0.3, -0.25) is 4.79 Å². The Labute approximate surface area is 101 Å². The molecule has 0 aliphatic carbocycles. The van der Waals surface area contributed by atoms with Crippen molar-refractivity contribution < 1.29 is 23.8 Å². The number of hydrogen-bond donors (Lipinski definition) is 0. The molecule has 0 saturated carbocycles. The lowest BCUT2D eigenvalue weighted by Gasteiger charge is -2.48. The number of likely N-dealkylation sites (tertiary alicyclic amines) is 1. The van der Waals surface area contributed by atoms with Crippen LogP contribution in [-0.2, 0) is 23.8 Å². The summed E-state index contributed by atoms with van der Waals surface area (Å²) < 4.78 is 15.1. The minimum atomic E-state index is -0.528. The molecule has 0 aromatic heterocycles. The molecule has 3 atom stereocenters. The van der Waals surface area contributed by atoms with E-state index < -0.39 is 6.10 Å². The summed E-state index contributed by atoms with van der Waals surface area (Å²) in [4.78, 5) is 23.9. The number of rotatable bonds is 8. The fraction of sp³-hybridized carbons (Fsp3) is 0.818. The van der Waals surface area contributed by atoms with E-state index in [0.29, 0.717) is 6.42 Å². The monoisotopic (exact) mass is 245 g/mol. The van der Waals surface area contributed by atoms with Gasteiger partial charge in [-0.2, -0.15) is 0 Å². The molecule has 0 aromatic rings. The average molecular weight is 245 g/mol. The lowest BCUT2D eigenvalue weighted by Crippen LogP contribution is -2.68. The van der Waals surface area contributed by atoms with Crippen LogP contribution in [0.3, 0.4) is 0 Å². The zero-order valence-electron chi connectivity index (χ0n) is 10.4. The highest BCUT2D eigenvalue weighted by molar-refractivity contribution is 5.88. The van der Waals surface area contributed by atoms with E-state index in [-0.39, 0.29) is 31.4 Å². The zero-order chi connectivity index (χ0) is 12.8. The first-order chi connectivity index (χ1) is 8.17. The van der Waals surface area contributed by atoms with Gasteiger partial charge >= 0.3 is 0 Å². The molecule has 0 bridgehead atoms. The summed E-state index contributed by atoms with van der Waals surface area (Å²) >= 11 is 0. The second-order valence-corrected chi connectivity index (χ2v) is 4.09. The fourth-order valence-corrected chi connectivity index (χ4v) is 2.03. The van der Waals surface area contributed by atoms with Crippen LogP contribution in [0.25, 0.3) is 0 Å². The maximum atomic E-state index is 11.8. The minimum absolute atomic E-state index is 0.0437. The number of ether oxygens (including phenoxy) is 3. The first-order valence-electron chi connectivity index (χ1n) is 5.51. The predicted molar refractivity (Wildman–Crippen MR) is 59.1 cm³/mol.